The second-order valence-corrected chi connectivity index (χ2v) is 7.95. The molecule has 3 heterocycles. The van der Waals surface area contributed by atoms with Crippen LogP contribution in [0.4, 0.5) is 16.2 Å². The van der Waals surface area contributed by atoms with Crippen LogP contribution >= 0.6 is 0 Å². The molecule has 0 fully saturated rings. The van der Waals surface area contributed by atoms with E-state index < -0.39 is 6.04 Å². The maximum atomic E-state index is 13.5. The van der Waals surface area contributed by atoms with Crippen molar-refractivity contribution >= 4 is 17.7 Å². The van der Waals surface area contributed by atoms with E-state index in [1.54, 1.807) is 41.2 Å². The summed E-state index contributed by atoms with van der Waals surface area (Å²) in [7, 11) is 0. The normalized spacial score (nSPS) is 14.8. The average Bonchev–Trinajstić information content (AvgIpc) is 3.28. The lowest BCUT2D eigenvalue weighted by molar-refractivity contribution is -0.113. The van der Waals surface area contributed by atoms with Crippen molar-refractivity contribution in [1.82, 2.24) is 19.7 Å². The van der Waals surface area contributed by atoms with Crippen molar-refractivity contribution in [1.29, 1.82) is 0 Å². The molecule has 1 amide bonds. The zero-order valence-electron chi connectivity index (χ0n) is 19.2. The number of fused-ring (bicyclic) bond motifs is 1. The molecule has 176 valence electrons. The molecule has 1 aliphatic heterocycles. The molecule has 8 nitrogen and oxygen atoms in total. The molecular formula is C26H23FN6O2. The predicted octanol–water partition coefficient (Wildman–Crippen LogP) is 4.81. The molecule has 9 heteroatoms. The van der Waals surface area contributed by atoms with Crippen LogP contribution in [0.2, 0.25) is 0 Å². The number of nitrogens with zero attached hydrogens (tertiary/aromatic N) is 4. The molecule has 0 bridgehead atoms. The van der Waals surface area contributed by atoms with Gasteiger partial charge in [-0.05, 0) is 67.9 Å². The minimum atomic E-state index is -0.563. The first-order valence-electron chi connectivity index (χ1n) is 11.2. The van der Waals surface area contributed by atoms with E-state index in [1.807, 2.05) is 38.1 Å². The number of anilines is 2. The largest absolute Gasteiger partial charge is 0.494 e. The minimum Gasteiger partial charge on any atom is -0.494 e. The van der Waals surface area contributed by atoms with E-state index >= 15 is 0 Å². The lowest BCUT2D eigenvalue weighted by Gasteiger charge is -2.28. The molecule has 2 aromatic heterocycles. The highest BCUT2D eigenvalue weighted by atomic mass is 19.1. The van der Waals surface area contributed by atoms with Crippen molar-refractivity contribution in [3.8, 4) is 17.1 Å². The first-order valence-corrected chi connectivity index (χ1v) is 11.2. The van der Waals surface area contributed by atoms with Gasteiger partial charge in [0.2, 0.25) is 5.95 Å². The van der Waals surface area contributed by atoms with Gasteiger partial charge in [0.1, 0.15) is 23.4 Å². The predicted molar refractivity (Wildman–Crippen MR) is 130 cm³/mol. The summed E-state index contributed by atoms with van der Waals surface area (Å²) < 4.78 is 20.7. The Kier molecular flexibility index (Phi) is 5.97. The number of pyridine rings is 1. The number of carbonyl (C=O) groups is 1. The number of ether oxygens (including phenoxy) is 1. The van der Waals surface area contributed by atoms with E-state index in [9.17, 15) is 9.18 Å². The van der Waals surface area contributed by atoms with E-state index in [0.29, 0.717) is 41.0 Å². The maximum absolute atomic E-state index is 13.5. The summed E-state index contributed by atoms with van der Waals surface area (Å²) in [5.74, 6) is 1.43. The third kappa shape index (κ3) is 4.48. The number of carbonyl (C=O) groups excluding carboxylic acids is 1. The highest BCUT2D eigenvalue weighted by molar-refractivity contribution is 6.05. The Hall–Kier alpha value is -4.53. The van der Waals surface area contributed by atoms with Crippen LogP contribution in [0.3, 0.4) is 0 Å². The Morgan fingerprint density at radius 3 is 2.57 bits per heavy atom. The number of aromatic nitrogens is 4. The fraction of sp³-hybridized carbons (Fsp3) is 0.154. The van der Waals surface area contributed by atoms with Gasteiger partial charge in [-0.3, -0.25) is 4.79 Å². The van der Waals surface area contributed by atoms with Crippen molar-refractivity contribution in [2.45, 2.75) is 19.9 Å². The van der Waals surface area contributed by atoms with Crippen molar-refractivity contribution < 1.29 is 13.9 Å². The molecule has 5 rings (SSSR count). The zero-order chi connectivity index (χ0) is 24.4. The Bertz CT molecular complexity index is 1380. The number of amides is 1. The average molecular weight is 471 g/mol. The van der Waals surface area contributed by atoms with Crippen LogP contribution in [0.25, 0.3) is 11.4 Å². The second-order valence-electron chi connectivity index (χ2n) is 7.95. The van der Waals surface area contributed by atoms with Crippen molar-refractivity contribution in [3.05, 3.63) is 95.6 Å². The molecular weight excluding hydrogens is 447 g/mol. The van der Waals surface area contributed by atoms with Crippen LogP contribution in [0.5, 0.6) is 5.75 Å². The number of halogens is 1. The fourth-order valence-electron chi connectivity index (χ4n) is 4.01. The third-order valence-corrected chi connectivity index (χ3v) is 5.61. The Morgan fingerprint density at radius 2 is 1.89 bits per heavy atom. The van der Waals surface area contributed by atoms with Crippen molar-refractivity contribution in [3.63, 3.8) is 0 Å². The molecule has 1 unspecified atom stereocenters. The third-order valence-electron chi connectivity index (χ3n) is 5.61. The highest BCUT2D eigenvalue weighted by Crippen LogP contribution is 2.37. The van der Waals surface area contributed by atoms with Gasteiger partial charge in [-0.1, -0.05) is 18.2 Å². The van der Waals surface area contributed by atoms with E-state index in [0.717, 1.165) is 11.3 Å². The SMILES string of the molecule is CCOc1ccc(C2C(C(=O)Nc3ccccn3)=C(C)Nc3nc(-c4ccc(F)cc4)nn32)cc1. The van der Waals surface area contributed by atoms with Crippen LogP contribution in [0, 0.1) is 5.82 Å². The summed E-state index contributed by atoms with van der Waals surface area (Å²) in [6, 6.07) is 18.3. The van der Waals surface area contributed by atoms with Crippen molar-refractivity contribution in [2.75, 3.05) is 17.2 Å². The number of rotatable bonds is 6. The number of allylic oxidation sites excluding steroid dienone is 1. The van der Waals surface area contributed by atoms with Gasteiger partial charge >= 0.3 is 0 Å². The molecule has 0 spiro atoms. The van der Waals surface area contributed by atoms with Crippen LogP contribution in [0.15, 0.2) is 84.2 Å². The molecule has 0 saturated heterocycles. The van der Waals surface area contributed by atoms with E-state index in [4.69, 9.17) is 9.84 Å². The summed E-state index contributed by atoms with van der Waals surface area (Å²) >= 11 is 0. The van der Waals surface area contributed by atoms with Crippen molar-refractivity contribution in [2.24, 2.45) is 0 Å². The number of hydrogen-bond donors (Lipinski definition) is 2. The van der Waals surface area contributed by atoms with Crippen LogP contribution in [-0.4, -0.2) is 32.3 Å². The Labute approximate surface area is 201 Å². The minimum absolute atomic E-state index is 0.308. The highest BCUT2D eigenvalue weighted by Gasteiger charge is 2.34. The van der Waals surface area contributed by atoms with E-state index in [2.05, 4.69) is 20.6 Å². The molecule has 0 radical (unpaired) electrons. The first-order chi connectivity index (χ1) is 17.0. The Morgan fingerprint density at radius 1 is 1.11 bits per heavy atom. The fourth-order valence-corrected chi connectivity index (χ4v) is 4.01. The molecule has 1 aliphatic rings. The van der Waals surface area contributed by atoms with Gasteiger partial charge < -0.3 is 15.4 Å². The summed E-state index contributed by atoms with van der Waals surface area (Å²) in [6.45, 7) is 4.30. The lowest BCUT2D eigenvalue weighted by atomic mass is 9.95. The van der Waals surface area contributed by atoms with Gasteiger partial charge in [0.25, 0.3) is 5.91 Å². The molecule has 2 N–H and O–H groups in total. The lowest BCUT2D eigenvalue weighted by Crippen LogP contribution is -2.31. The summed E-state index contributed by atoms with van der Waals surface area (Å²) in [6.07, 6.45) is 1.62. The molecule has 4 aromatic rings. The second kappa shape index (κ2) is 9.38. The van der Waals surface area contributed by atoms with Gasteiger partial charge in [0, 0.05) is 17.5 Å². The first kappa shape index (κ1) is 22.3. The van der Waals surface area contributed by atoms with Gasteiger partial charge in [-0.15, -0.1) is 5.10 Å². The molecule has 2 aromatic carbocycles. The number of hydrogen-bond acceptors (Lipinski definition) is 6. The molecule has 0 aliphatic carbocycles. The topological polar surface area (TPSA) is 94.0 Å². The zero-order valence-corrected chi connectivity index (χ0v) is 19.2. The smallest absolute Gasteiger partial charge is 0.257 e. The standard InChI is InChI=1S/C26H23FN6O2/c1-3-35-20-13-9-17(10-14-20)23-22(25(34)30-21-6-4-5-15-28-21)16(2)29-26-31-24(32-33(23)26)18-7-11-19(27)12-8-18/h4-15,23H,3H2,1-2H3,(H,28,30,34)(H,29,31,32). The van der Waals surface area contributed by atoms with Gasteiger partial charge in [0.15, 0.2) is 5.82 Å². The van der Waals surface area contributed by atoms with E-state index in [1.165, 1.54) is 12.1 Å². The van der Waals surface area contributed by atoms with Crippen LogP contribution < -0.4 is 15.4 Å². The van der Waals surface area contributed by atoms with Crippen LogP contribution in [-0.2, 0) is 4.79 Å². The number of benzene rings is 2. The monoisotopic (exact) mass is 470 g/mol. The summed E-state index contributed by atoms with van der Waals surface area (Å²) in [5.41, 5.74) is 2.61. The van der Waals surface area contributed by atoms with Gasteiger partial charge in [-0.2, -0.15) is 4.98 Å². The quantitative estimate of drug-likeness (QED) is 0.420. The summed E-state index contributed by atoms with van der Waals surface area (Å²) in [5, 5.41) is 10.8. The number of nitrogens with one attached hydrogen (secondary N) is 2. The molecule has 0 saturated carbocycles. The van der Waals surface area contributed by atoms with Crippen LogP contribution in [0.1, 0.15) is 25.5 Å². The maximum Gasteiger partial charge on any atom is 0.257 e. The Balaban J connectivity index is 1.58. The molecule has 1 atom stereocenters. The molecule has 35 heavy (non-hydrogen) atoms. The van der Waals surface area contributed by atoms with Gasteiger partial charge in [-0.25, -0.2) is 14.1 Å². The summed E-state index contributed by atoms with van der Waals surface area (Å²) in [4.78, 5) is 22.3. The van der Waals surface area contributed by atoms with E-state index in [-0.39, 0.29) is 11.7 Å². The van der Waals surface area contributed by atoms with Gasteiger partial charge in [0.05, 0.1) is 12.2 Å².